The maximum Gasteiger partial charge on any atom is 0.291 e. The highest BCUT2D eigenvalue weighted by Crippen LogP contribution is 2.25. The van der Waals surface area contributed by atoms with Crippen LogP contribution in [0.4, 0.5) is 0 Å². The van der Waals surface area contributed by atoms with Gasteiger partial charge < -0.3 is 5.32 Å². The smallest absolute Gasteiger partial charge is 0.291 e. The Balaban J connectivity index is 1.72. The molecule has 1 amide bonds. The molecule has 0 aliphatic heterocycles. The van der Waals surface area contributed by atoms with Crippen molar-refractivity contribution < 1.29 is 4.79 Å². The lowest BCUT2D eigenvalue weighted by atomic mass is 10.2. The number of nitrogens with zero attached hydrogens (tertiary/aromatic N) is 3. The molecule has 0 radical (unpaired) electrons. The van der Waals surface area contributed by atoms with Gasteiger partial charge in [-0.2, -0.15) is 5.10 Å². The van der Waals surface area contributed by atoms with Crippen molar-refractivity contribution in [2.45, 2.75) is 32.9 Å². The van der Waals surface area contributed by atoms with Crippen molar-refractivity contribution in [1.82, 2.24) is 19.5 Å². The number of fused-ring (bicyclic) bond motifs is 3. The molecule has 0 aliphatic rings. The standard InChI is InChI=1S/C18H18N4O2S2/c1-3-13(17(23)19-10-12-5-4-7-25-12)22-18(24)15-9-16-14(6-8-26-16)21(15)11(2)20-22/h4-9,13H,3,10H2,1-2H3,(H,19,23). The fourth-order valence-electron chi connectivity index (χ4n) is 3.18. The average molecular weight is 387 g/mol. The van der Waals surface area contributed by atoms with E-state index >= 15 is 0 Å². The summed E-state index contributed by atoms with van der Waals surface area (Å²) >= 11 is 3.18. The van der Waals surface area contributed by atoms with E-state index in [-0.39, 0.29) is 11.5 Å². The van der Waals surface area contributed by atoms with E-state index in [4.69, 9.17) is 0 Å². The molecule has 4 aromatic heterocycles. The maximum atomic E-state index is 13.0. The molecule has 0 bridgehead atoms. The second-order valence-corrected chi connectivity index (χ2v) is 8.03. The summed E-state index contributed by atoms with van der Waals surface area (Å²) in [6, 6.07) is 7.16. The Morgan fingerprint density at radius 3 is 2.85 bits per heavy atom. The Morgan fingerprint density at radius 1 is 1.27 bits per heavy atom. The fraction of sp³-hybridized carbons (Fsp3) is 0.278. The third-order valence-electron chi connectivity index (χ3n) is 4.43. The minimum Gasteiger partial charge on any atom is -0.349 e. The van der Waals surface area contributed by atoms with Crippen molar-refractivity contribution in [2.24, 2.45) is 0 Å². The Labute approximate surface area is 157 Å². The number of amides is 1. The molecule has 4 heterocycles. The zero-order valence-corrected chi connectivity index (χ0v) is 16.1. The van der Waals surface area contributed by atoms with Gasteiger partial charge in [0.25, 0.3) is 5.56 Å². The molecule has 134 valence electrons. The number of rotatable bonds is 5. The van der Waals surface area contributed by atoms with Crippen molar-refractivity contribution in [2.75, 3.05) is 0 Å². The predicted molar refractivity (Wildman–Crippen MR) is 105 cm³/mol. The summed E-state index contributed by atoms with van der Waals surface area (Å²) in [6.07, 6.45) is 0.494. The van der Waals surface area contributed by atoms with Crippen LogP contribution >= 0.6 is 22.7 Å². The zero-order chi connectivity index (χ0) is 18.3. The third-order valence-corrected chi connectivity index (χ3v) is 6.16. The van der Waals surface area contributed by atoms with E-state index in [0.29, 0.717) is 24.3 Å². The summed E-state index contributed by atoms with van der Waals surface area (Å²) < 4.78 is 4.23. The van der Waals surface area contributed by atoms with Crippen molar-refractivity contribution in [3.63, 3.8) is 0 Å². The van der Waals surface area contributed by atoms with Crippen LogP contribution in [-0.4, -0.2) is 20.1 Å². The Bertz CT molecular complexity index is 1140. The van der Waals surface area contributed by atoms with E-state index in [2.05, 4.69) is 10.4 Å². The normalized spacial score (nSPS) is 12.7. The van der Waals surface area contributed by atoms with Crippen LogP contribution in [0.2, 0.25) is 0 Å². The average Bonchev–Trinajstić information content (AvgIpc) is 3.34. The Hall–Kier alpha value is -2.45. The third kappa shape index (κ3) is 2.75. The summed E-state index contributed by atoms with van der Waals surface area (Å²) in [5.41, 5.74) is 1.30. The minimum absolute atomic E-state index is 0.187. The molecule has 1 atom stereocenters. The number of carbonyl (C=O) groups is 1. The molecule has 4 aromatic rings. The van der Waals surface area contributed by atoms with Crippen LogP contribution in [0.25, 0.3) is 15.7 Å². The summed E-state index contributed by atoms with van der Waals surface area (Å²) in [5.74, 6) is 0.505. The predicted octanol–water partition coefficient (Wildman–Crippen LogP) is 3.35. The summed E-state index contributed by atoms with van der Waals surface area (Å²) in [5, 5.41) is 11.3. The topological polar surface area (TPSA) is 68.4 Å². The van der Waals surface area contributed by atoms with Gasteiger partial charge in [-0.1, -0.05) is 13.0 Å². The molecule has 4 rings (SSSR count). The first-order valence-corrected chi connectivity index (χ1v) is 10.1. The van der Waals surface area contributed by atoms with Crippen LogP contribution in [0, 0.1) is 6.92 Å². The fourth-order valence-corrected chi connectivity index (χ4v) is 4.63. The number of carbonyl (C=O) groups excluding carboxylic acids is 1. The highest BCUT2D eigenvalue weighted by Gasteiger charge is 2.23. The van der Waals surface area contributed by atoms with E-state index < -0.39 is 6.04 Å². The number of aromatic nitrogens is 3. The molecule has 0 aromatic carbocycles. The number of hydrogen-bond donors (Lipinski definition) is 1. The Morgan fingerprint density at radius 2 is 2.12 bits per heavy atom. The number of hydrogen-bond acceptors (Lipinski definition) is 5. The van der Waals surface area contributed by atoms with E-state index in [1.165, 1.54) is 4.68 Å². The van der Waals surface area contributed by atoms with Crippen molar-refractivity contribution in [1.29, 1.82) is 0 Å². The van der Waals surface area contributed by atoms with Crippen molar-refractivity contribution in [3.8, 4) is 0 Å². The van der Waals surface area contributed by atoms with Gasteiger partial charge >= 0.3 is 0 Å². The molecule has 1 N–H and O–H groups in total. The molecule has 0 saturated carbocycles. The SMILES string of the molecule is CCC(C(=O)NCc1cccs1)n1nc(C)n2c(cc3sccc32)c1=O. The molecule has 0 fully saturated rings. The molecule has 8 heteroatoms. The van der Waals surface area contributed by atoms with Gasteiger partial charge in [0.1, 0.15) is 17.4 Å². The van der Waals surface area contributed by atoms with Gasteiger partial charge in [-0.15, -0.1) is 22.7 Å². The lowest BCUT2D eigenvalue weighted by Gasteiger charge is -2.17. The minimum atomic E-state index is -0.626. The van der Waals surface area contributed by atoms with Crippen LogP contribution in [0.3, 0.4) is 0 Å². The maximum absolute atomic E-state index is 13.0. The van der Waals surface area contributed by atoms with Gasteiger partial charge in [0.05, 0.1) is 16.8 Å². The second-order valence-electron chi connectivity index (χ2n) is 6.05. The van der Waals surface area contributed by atoms with Gasteiger partial charge in [0.15, 0.2) is 0 Å². The van der Waals surface area contributed by atoms with Crippen LogP contribution in [0.15, 0.2) is 39.8 Å². The van der Waals surface area contributed by atoms with Crippen molar-refractivity contribution >= 4 is 44.3 Å². The summed E-state index contributed by atoms with van der Waals surface area (Å²) in [7, 11) is 0. The Kier molecular flexibility index (Phi) is 4.37. The zero-order valence-electron chi connectivity index (χ0n) is 14.4. The molecule has 0 saturated heterocycles. The lowest BCUT2D eigenvalue weighted by molar-refractivity contribution is -0.125. The number of thiophene rings is 2. The van der Waals surface area contributed by atoms with Gasteiger partial charge in [-0.3, -0.25) is 14.0 Å². The molecule has 26 heavy (non-hydrogen) atoms. The highest BCUT2D eigenvalue weighted by atomic mass is 32.1. The number of nitrogens with one attached hydrogen (secondary N) is 1. The van der Waals surface area contributed by atoms with E-state index in [1.807, 2.05) is 53.3 Å². The molecular weight excluding hydrogens is 368 g/mol. The van der Waals surface area contributed by atoms with Gasteiger partial charge in [-0.05, 0) is 42.3 Å². The van der Waals surface area contributed by atoms with Gasteiger partial charge in [0.2, 0.25) is 5.91 Å². The number of aryl methyl sites for hydroxylation is 1. The van der Waals surface area contributed by atoms with E-state index in [9.17, 15) is 9.59 Å². The first-order valence-electron chi connectivity index (χ1n) is 8.38. The molecule has 0 aliphatic carbocycles. The quantitative estimate of drug-likeness (QED) is 0.572. The van der Waals surface area contributed by atoms with E-state index in [1.54, 1.807) is 22.7 Å². The lowest BCUT2D eigenvalue weighted by Crippen LogP contribution is -2.39. The van der Waals surface area contributed by atoms with Crippen LogP contribution in [0.5, 0.6) is 0 Å². The van der Waals surface area contributed by atoms with Crippen LogP contribution < -0.4 is 10.9 Å². The largest absolute Gasteiger partial charge is 0.349 e. The molecule has 6 nitrogen and oxygen atoms in total. The van der Waals surface area contributed by atoms with Crippen molar-refractivity contribution in [3.05, 3.63) is 56.1 Å². The van der Waals surface area contributed by atoms with Gasteiger partial charge in [0, 0.05) is 4.88 Å². The summed E-state index contributed by atoms with van der Waals surface area (Å²) in [4.78, 5) is 26.7. The monoisotopic (exact) mass is 386 g/mol. The van der Waals surface area contributed by atoms with E-state index in [0.717, 1.165) is 15.1 Å². The highest BCUT2D eigenvalue weighted by molar-refractivity contribution is 7.17. The molecular formula is C18H18N4O2S2. The molecule has 0 spiro atoms. The molecule has 1 unspecified atom stereocenters. The second kappa shape index (κ2) is 6.69. The van der Waals surface area contributed by atoms with Crippen LogP contribution in [-0.2, 0) is 11.3 Å². The van der Waals surface area contributed by atoms with Gasteiger partial charge in [-0.25, -0.2) is 4.68 Å². The summed E-state index contributed by atoms with van der Waals surface area (Å²) in [6.45, 7) is 4.21. The van der Waals surface area contributed by atoms with Crippen LogP contribution in [0.1, 0.15) is 30.1 Å². The first-order chi connectivity index (χ1) is 12.6. The first kappa shape index (κ1) is 17.0.